The summed E-state index contributed by atoms with van der Waals surface area (Å²) >= 11 is 0. The summed E-state index contributed by atoms with van der Waals surface area (Å²) < 4.78 is 12.5. The summed E-state index contributed by atoms with van der Waals surface area (Å²) in [5, 5.41) is 13.4. The van der Waals surface area contributed by atoms with Gasteiger partial charge in [0.2, 0.25) is 0 Å². The molecule has 1 atom stereocenters. The highest BCUT2D eigenvalue weighted by atomic mass is 16.5. The quantitative estimate of drug-likeness (QED) is 0.227. The van der Waals surface area contributed by atoms with Gasteiger partial charge >= 0.3 is 0 Å². The van der Waals surface area contributed by atoms with Crippen LogP contribution in [0, 0.1) is 0 Å². The van der Waals surface area contributed by atoms with Crippen molar-refractivity contribution in [3.8, 4) is 11.5 Å². The van der Waals surface area contributed by atoms with E-state index in [1.165, 1.54) is 5.39 Å². The van der Waals surface area contributed by atoms with Crippen LogP contribution >= 0.6 is 0 Å². The Balaban J connectivity index is 1.33. The summed E-state index contributed by atoms with van der Waals surface area (Å²) in [7, 11) is 0. The smallest absolute Gasteiger partial charge is 0.121 e. The zero-order chi connectivity index (χ0) is 23.2. The second kappa shape index (κ2) is 10.4. The molecule has 2 aromatic heterocycles. The van der Waals surface area contributed by atoms with E-state index in [-0.39, 0.29) is 6.10 Å². The molecule has 1 unspecified atom stereocenters. The van der Waals surface area contributed by atoms with Crippen molar-refractivity contribution in [3.63, 3.8) is 0 Å². The van der Waals surface area contributed by atoms with Crippen molar-refractivity contribution in [2.75, 3.05) is 13.1 Å². The number of rotatable bonds is 11. The van der Waals surface area contributed by atoms with Gasteiger partial charge in [0.15, 0.2) is 0 Å². The first-order chi connectivity index (χ1) is 16.8. The lowest BCUT2D eigenvalue weighted by Gasteiger charge is -2.19. The molecule has 34 heavy (non-hydrogen) atoms. The van der Waals surface area contributed by atoms with Crippen molar-refractivity contribution in [2.45, 2.75) is 32.5 Å². The van der Waals surface area contributed by atoms with Gasteiger partial charge in [-0.2, -0.15) is 5.10 Å². The summed E-state index contributed by atoms with van der Waals surface area (Å²) in [6.45, 7) is 4.48. The number of H-pyrrole nitrogens is 2. The number of hydrogen-bond acceptors (Lipinski definition) is 4. The highest BCUT2D eigenvalue weighted by molar-refractivity contribution is 5.83. The SMILES string of the molecule is CCNCCC(Cc1n[nH]c2ccc(OCc3ccccc3)cc12)Oc1ccc2cc[nH]c2c1. The zero-order valence-corrected chi connectivity index (χ0v) is 19.4. The largest absolute Gasteiger partial charge is 0.490 e. The molecule has 174 valence electrons. The Morgan fingerprint density at radius 3 is 2.71 bits per heavy atom. The summed E-state index contributed by atoms with van der Waals surface area (Å²) in [4.78, 5) is 3.26. The van der Waals surface area contributed by atoms with Crippen LogP contribution in [0.25, 0.3) is 21.8 Å². The van der Waals surface area contributed by atoms with Gasteiger partial charge in [-0.15, -0.1) is 0 Å². The third-order valence-electron chi connectivity index (χ3n) is 6.00. The van der Waals surface area contributed by atoms with Gasteiger partial charge in [0.1, 0.15) is 24.2 Å². The van der Waals surface area contributed by atoms with E-state index in [4.69, 9.17) is 9.47 Å². The molecule has 3 aromatic carbocycles. The van der Waals surface area contributed by atoms with Gasteiger partial charge in [0, 0.05) is 29.6 Å². The molecule has 0 bridgehead atoms. The fourth-order valence-electron chi connectivity index (χ4n) is 4.18. The Bertz CT molecular complexity index is 1340. The van der Waals surface area contributed by atoms with E-state index in [1.54, 1.807) is 0 Å². The molecule has 0 saturated carbocycles. The van der Waals surface area contributed by atoms with Crippen molar-refractivity contribution < 1.29 is 9.47 Å². The predicted octanol–water partition coefficient (Wildman–Crippen LogP) is 5.61. The van der Waals surface area contributed by atoms with Crippen LogP contribution in [0.15, 0.2) is 79.0 Å². The monoisotopic (exact) mass is 454 g/mol. The van der Waals surface area contributed by atoms with Gasteiger partial charge in [0.25, 0.3) is 0 Å². The Labute approximate surface area is 199 Å². The van der Waals surface area contributed by atoms with E-state index in [2.05, 4.69) is 63.8 Å². The second-order valence-electron chi connectivity index (χ2n) is 8.46. The van der Waals surface area contributed by atoms with Crippen LogP contribution in [0.5, 0.6) is 11.5 Å². The second-order valence-corrected chi connectivity index (χ2v) is 8.46. The highest BCUT2D eigenvalue weighted by Crippen LogP contribution is 2.26. The molecule has 2 heterocycles. The number of benzene rings is 3. The summed E-state index contributed by atoms with van der Waals surface area (Å²) in [6.07, 6.45) is 3.53. The first kappa shape index (κ1) is 22.0. The average molecular weight is 455 g/mol. The van der Waals surface area contributed by atoms with Crippen LogP contribution < -0.4 is 14.8 Å². The molecular formula is C28H30N4O2. The molecule has 5 aromatic rings. The van der Waals surface area contributed by atoms with E-state index in [1.807, 2.05) is 42.6 Å². The lowest BCUT2D eigenvalue weighted by Crippen LogP contribution is -2.26. The predicted molar refractivity (Wildman–Crippen MR) is 136 cm³/mol. The molecule has 0 aliphatic rings. The van der Waals surface area contributed by atoms with Crippen LogP contribution in [0.3, 0.4) is 0 Å². The maximum atomic E-state index is 6.45. The van der Waals surface area contributed by atoms with Crippen LogP contribution in [0.2, 0.25) is 0 Å². The zero-order valence-electron chi connectivity index (χ0n) is 19.4. The first-order valence-electron chi connectivity index (χ1n) is 11.9. The van der Waals surface area contributed by atoms with Crippen molar-refractivity contribution >= 4 is 21.8 Å². The van der Waals surface area contributed by atoms with Gasteiger partial charge in [-0.05, 0) is 66.9 Å². The molecule has 0 spiro atoms. The Hall–Kier alpha value is -3.77. The van der Waals surface area contributed by atoms with Crippen LogP contribution in [0.1, 0.15) is 24.6 Å². The fraction of sp³-hybridized carbons (Fsp3) is 0.250. The average Bonchev–Trinajstić information content (AvgIpc) is 3.50. The number of hydrogen-bond donors (Lipinski definition) is 3. The van der Waals surface area contributed by atoms with Crippen molar-refractivity contribution in [1.29, 1.82) is 0 Å². The Morgan fingerprint density at radius 2 is 1.82 bits per heavy atom. The maximum absolute atomic E-state index is 6.45. The van der Waals surface area contributed by atoms with Gasteiger partial charge in [-0.1, -0.05) is 37.3 Å². The molecule has 0 radical (unpaired) electrons. The number of nitrogens with zero attached hydrogens (tertiary/aromatic N) is 1. The standard InChI is InChI=1S/C28H30N4O2/c1-2-29-14-13-24(34-23-9-8-21-12-15-30-27(21)17-23)18-28-25-16-22(10-11-26(25)31-32-28)33-19-20-6-4-3-5-7-20/h3-12,15-17,24,29-30H,2,13-14,18-19H2,1H3,(H,31,32). The molecule has 0 fully saturated rings. The van der Waals surface area contributed by atoms with Crippen LogP contribution in [0.4, 0.5) is 0 Å². The third-order valence-corrected chi connectivity index (χ3v) is 6.00. The summed E-state index contributed by atoms with van der Waals surface area (Å²) in [5.41, 5.74) is 4.21. The van der Waals surface area contributed by atoms with E-state index < -0.39 is 0 Å². The highest BCUT2D eigenvalue weighted by Gasteiger charge is 2.17. The molecule has 5 rings (SSSR count). The molecule has 0 aliphatic carbocycles. The van der Waals surface area contributed by atoms with Crippen LogP contribution in [-0.2, 0) is 13.0 Å². The number of aromatic nitrogens is 3. The van der Waals surface area contributed by atoms with Crippen molar-refractivity contribution in [2.24, 2.45) is 0 Å². The van der Waals surface area contributed by atoms with Crippen LogP contribution in [-0.4, -0.2) is 34.4 Å². The molecule has 6 nitrogen and oxygen atoms in total. The molecule has 0 amide bonds. The lowest BCUT2D eigenvalue weighted by molar-refractivity contribution is 0.190. The number of ether oxygens (including phenoxy) is 2. The molecule has 3 N–H and O–H groups in total. The van der Waals surface area contributed by atoms with E-state index in [9.17, 15) is 0 Å². The number of aromatic amines is 2. The van der Waals surface area contributed by atoms with E-state index in [0.29, 0.717) is 13.0 Å². The summed E-state index contributed by atoms with van der Waals surface area (Å²) in [5.74, 6) is 1.70. The number of nitrogens with one attached hydrogen (secondary N) is 3. The lowest BCUT2D eigenvalue weighted by atomic mass is 10.1. The Morgan fingerprint density at radius 1 is 0.941 bits per heavy atom. The molecule has 6 heteroatoms. The molecule has 0 aliphatic heterocycles. The van der Waals surface area contributed by atoms with E-state index in [0.717, 1.165) is 58.7 Å². The maximum Gasteiger partial charge on any atom is 0.121 e. The fourth-order valence-corrected chi connectivity index (χ4v) is 4.18. The van der Waals surface area contributed by atoms with Gasteiger partial charge < -0.3 is 19.8 Å². The summed E-state index contributed by atoms with van der Waals surface area (Å²) in [6, 6.07) is 24.5. The minimum Gasteiger partial charge on any atom is -0.490 e. The van der Waals surface area contributed by atoms with E-state index >= 15 is 0 Å². The molecule has 0 saturated heterocycles. The van der Waals surface area contributed by atoms with Crippen molar-refractivity contribution in [1.82, 2.24) is 20.5 Å². The third kappa shape index (κ3) is 5.24. The number of fused-ring (bicyclic) bond motifs is 2. The topological polar surface area (TPSA) is 75.0 Å². The van der Waals surface area contributed by atoms with Gasteiger partial charge in [-0.3, -0.25) is 5.10 Å². The Kier molecular flexibility index (Phi) is 6.77. The first-order valence-corrected chi connectivity index (χ1v) is 11.9. The van der Waals surface area contributed by atoms with Gasteiger partial charge in [0.05, 0.1) is 11.2 Å². The van der Waals surface area contributed by atoms with Gasteiger partial charge in [-0.25, -0.2) is 0 Å². The minimum atomic E-state index is -0.00754. The molecular weight excluding hydrogens is 424 g/mol. The minimum absolute atomic E-state index is 0.00754. The normalized spacial score (nSPS) is 12.3. The van der Waals surface area contributed by atoms with Crippen molar-refractivity contribution in [3.05, 3.63) is 90.3 Å².